The zero-order chi connectivity index (χ0) is 23.7. The van der Waals surface area contributed by atoms with Crippen LogP contribution in [0.15, 0.2) is 58.9 Å². The van der Waals surface area contributed by atoms with E-state index in [0.717, 1.165) is 11.3 Å². The molecule has 166 valence electrons. The topological polar surface area (TPSA) is 98.1 Å². The van der Waals surface area contributed by atoms with E-state index in [-0.39, 0.29) is 23.6 Å². The fraction of sp³-hybridized carbons (Fsp3) is 0.125. The number of nitriles is 1. The number of ether oxygens (including phenoxy) is 1. The van der Waals surface area contributed by atoms with E-state index in [1.165, 1.54) is 4.57 Å². The predicted octanol–water partition coefficient (Wildman–Crippen LogP) is 3.21. The van der Waals surface area contributed by atoms with Crippen molar-refractivity contribution in [1.29, 1.82) is 5.26 Å². The molecule has 9 heteroatoms. The van der Waals surface area contributed by atoms with Crippen LogP contribution in [-0.4, -0.2) is 17.1 Å². The van der Waals surface area contributed by atoms with E-state index in [9.17, 15) is 14.9 Å². The molecule has 0 amide bonds. The van der Waals surface area contributed by atoms with Crippen molar-refractivity contribution in [2.45, 2.75) is 12.8 Å². The largest absolute Gasteiger partial charge is 0.463 e. The molecule has 2 heterocycles. The minimum Gasteiger partial charge on any atom is -0.463 e. The zero-order valence-electron chi connectivity index (χ0n) is 17.3. The lowest BCUT2D eigenvalue weighted by atomic mass is 9.84. The lowest BCUT2D eigenvalue weighted by molar-refractivity contribution is -0.138. The van der Waals surface area contributed by atoms with Crippen molar-refractivity contribution in [3.05, 3.63) is 94.8 Å². The molecule has 2 aromatic carbocycles. The fourth-order valence-electron chi connectivity index (χ4n) is 3.71. The molecule has 0 spiro atoms. The van der Waals surface area contributed by atoms with E-state index in [0.29, 0.717) is 30.4 Å². The molecule has 0 saturated carbocycles. The van der Waals surface area contributed by atoms with Gasteiger partial charge in [0.05, 0.1) is 34.3 Å². The molecule has 6 nitrogen and oxygen atoms in total. The summed E-state index contributed by atoms with van der Waals surface area (Å²) in [7, 11) is 0. The number of aromatic nitrogens is 1. The molecule has 0 bridgehead atoms. The van der Waals surface area contributed by atoms with E-state index in [1.807, 2.05) is 0 Å². The number of esters is 1. The average Bonchev–Trinajstić information content (AvgIpc) is 3.12. The van der Waals surface area contributed by atoms with Gasteiger partial charge >= 0.3 is 5.97 Å². The van der Waals surface area contributed by atoms with Gasteiger partial charge in [-0.15, -0.1) is 11.3 Å². The molecule has 1 atom stereocenters. The molecule has 1 unspecified atom stereocenters. The lowest BCUT2D eigenvalue weighted by Crippen LogP contribution is -2.40. The highest BCUT2D eigenvalue weighted by Crippen LogP contribution is 2.39. The first-order valence-corrected chi connectivity index (χ1v) is 11.5. The highest BCUT2D eigenvalue weighted by Gasteiger charge is 2.37. The Morgan fingerprint density at radius 3 is 2.52 bits per heavy atom. The maximum atomic E-state index is 13.3. The van der Waals surface area contributed by atoms with Crippen molar-refractivity contribution in [1.82, 2.24) is 4.57 Å². The van der Waals surface area contributed by atoms with Gasteiger partial charge in [0, 0.05) is 10.0 Å². The van der Waals surface area contributed by atoms with E-state index >= 15 is 0 Å². The summed E-state index contributed by atoms with van der Waals surface area (Å²) in [5.74, 6) is -1.69. The monoisotopic (exact) mass is 497 g/mol. The summed E-state index contributed by atoms with van der Waals surface area (Å²) in [6, 6.07) is 16.1. The SMILES string of the molecule is CCOC(=O)C1=C(N)n2c(sc(=Cc3ccccc3Cl)c2=O)=C(C#N)C1c1ccccc1Cl. The molecule has 1 aromatic heterocycles. The maximum absolute atomic E-state index is 13.3. The van der Waals surface area contributed by atoms with Crippen LogP contribution in [0.1, 0.15) is 24.0 Å². The average molecular weight is 498 g/mol. The van der Waals surface area contributed by atoms with Crippen molar-refractivity contribution in [3.63, 3.8) is 0 Å². The van der Waals surface area contributed by atoms with Crippen LogP contribution in [0.5, 0.6) is 0 Å². The van der Waals surface area contributed by atoms with Gasteiger partial charge in [-0.2, -0.15) is 5.26 Å². The first kappa shape index (κ1) is 22.9. The summed E-state index contributed by atoms with van der Waals surface area (Å²) in [5, 5.41) is 11.0. The standard InChI is InChI=1S/C24H17Cl2N3O3S/c1-2-32-24(31)20-19(14-8-4-6-10-17(14)26)15(12-27)23-29(21(20)28)22(30)18(33-23)11-13-7-3-5-9-16(13)25/h3-11,19H,2,28H2,1H3. The zero-order valence-corrected chi connectivity index (χ0v) is 19.7. The van der Waals surface area contributed by atoms with Gasteiger partial charge in [0.25, 0.3) is 5.56 Å². The first-order chi connectivity index (χ1) is 15.9. The van der Waals surface area contributed by atoms with Crippen molar-refractivity contribution in [2.24, 2.45) is 5.73 Å². The third-order valence-electron chi connectivity index (χ3n) is 5.17. The number of nitrogens with zero attached hydrogens (tertiary/aromatic N) is 2. The number of rotatable bonds is 4. The molecule has 2 N–H and O–H groups in total. The molecule has 0 saturated heterocycles. The molecule has 0 aliphatic carbocycles. The van der Waals surface area contributed by atoms with Gasteiger partial charge in [0.15, 0.2) is 0 Å². The number of fused-ring (bicyclic) bond motifs is 1. The van der Waals surface area contributed by atoms with Gasteiger partial charge in [-0.05, 0) is 36.3 Å². The second-order valence-electron chi connectivity index (χ2n) is 7.08. The smallest absolute Gasteiger partial charge is 0.338 e. The van der Waals surface area contributed by atoms with Crippen LogP contribution in [0.2, 0.25) is 10.0 Å². The van der Waals surface area contributed by atoms with Gasteiger partial charge < -0.3 is 10.5 Å². The Morgan fingerprint density at radius 2 is 1.88 bits per heavy atom. The van der Waals surface area contributed by atoms with Gasteiger partial charge in [0.1, 0.15) is 10.5 Å². The van der Waals surface area contributed by atoms with Crippen LogP contribution in [0.4, 0.5) is 0 Å². The van der Waals surface area contributed by atoms with Gasteiger partial charge in [0.2, 0.25) is 0 Å². The second-order valence-corrected chi connectivity index (χ2v) is 8.92. The third kappa shape index (κ3) is 3.98. The predicted molar refractivity (Wildman–Crippen MR) is 130 cm³/mol. The number of carbonyl (C=O) groups is 1. The molecule has 3 aromatic rings. The van der Waals surface area contributed by atoms with Crippen LogP contribution in [-0.2, 0) is 9.53 Å². The Hall–Kier alpha value is -3.31. The number of halogens is 2. The quantitative estimate of drug-likeness (QED) is 0.558. The van der Waals surface area contributed by atoms with Crippen LogP contribution in [0.25, 0.3) is 17.5 Å². The number of nitrogens with two attached hydrogens (primary N) is 1. The molecule has 0 radical (unpaired) electrons. The Labute approximate surface area is 203 Å². The molecule has 0 fully saturated rings. The first-order valence-electron chi connectivity index (χ1n) is 9.93. The second kappa shape index (κ2) is 9.28. The van der Waals surface area contributed by atoms with Gasteiger partial charge in [-0.1, -0.05) is 59.6 Å². The van der Waals surface area contributed by atoms with Gasteiger partial charge in [-0.25, -0.2) is 4.79 Å². The van der Waals surface area contributed by atoms with E-state index in [2.05, 4.69) is 6.07 Å². The maximum Gasteiger partial charge on any atom is 0.338 e. The van der Waals surface area contributed by atoms with Crippen molar-refractivity contribution >= 4 is 58.0 Å². The molecular weight excluding hydrogens is 481 g/mol. The molecule has 1 aliphatic heterocycles. The van der Waals surface area contributed by atoms with Crippen molar-refractivity contribution < 1.29 is 9.53 Å². The summed E-state index contributed by atoms with van der Waals surface area (Å²) in [6.07, 6.45) is 1.64. The third-order valence-corrected chi connectivity index (χ3v) is 6.97. The molecule has 33 heavy (non-hydrogen) atoms. The van der Waals surface area contributed by atoms with Crippen LogP contribution >= 0.6 is 34.5 Å². The number of benzene rings is 2. The molecule has 4 rings (SSSR count). The fourth-order valence-corrected chi connectivity index (χ4v) is 5.27. The van der Waals surface area contributed by atoms with Crippen molar-refractivity contribution in [2.75, 3.05) is 6.61 Å². The number of hydrogen-bond acceptors (Lipinski definition) is 6. The minimum atomic E-state index is -0.881. The summed E-state index contributed by atoms with van der Waals surface area (Å²) >= 11 is 13.8. The molecular formula is C24H17Cl2N3O3S. The van der Waals surface area contributed by atoms with E-state index in [1.54, 1.807) is 61.5 Å². The number of hydrogen-bond donors (Lipinski definition) is 1. The van der Waals surface area contributed by atoms with E-state index in [4.69, 9.17) is 33.7 Å². The van der Waals surface area contributed by atoms with E-state index < -0.39 is 17.4 Å². The minimum absolute atomic E-state index is 0.00167. The molecule has 1 aliphatic rings. The lowest BCUT2D eigenvalue weighted by Gasteiger charge is -2.25. The number of thiazole rings is 1. The summed E-state index contributed by atoms with van der Waals surface area (Å²) in [4.78, 5) is 26.3. The van der Waals surface area contributed by atoms with Gasteiger partial charge in [-0.3, -0.25) is 9.36 Å². The normalized spacial score (nSPS) is 15.9. The summed E-state index contributed by atoms with van der Waals surface area (Å²) in [5.41, 5.74) is 7.28. The highest BCUT2D eigenvalue weighted by atomic mass is 35.5. The summed E-state index contributed by atoms with van der Waals surface area (Å²) < 4.78 is 7.06. The highest BCUT2D eigenvalue weighted by molar-refractivity contribution is 7.07. The Morgan fingerprint density at radius 1 is 1.21 bits per heavy atom. The van der Waals surface area contributed by atoms with Crippen molar-refractivity contribution in [3.8, 4) is 6.07 Å². The van der Waals surface area contributed by atoms with Crippen LogP contribution in [0.3, 0.4) is 0 Å². The Balaban J connectivity index is 2.11. The Kier molecular flexibility index (Phi) is 6.43. The Bertz CT molecular complexity index is 1530. The summed E-state index contributed by atoms with van der Waals surface area (Å²) in [6.45, 7) is 1.76. The van der Waals surface area contributed by atoms with Crippen LogP contribution in [0, 0.1) is 11.3 Å². The van der Waals surface area contributed by atoms with Crippen LogP contribution < -0.4 is 20.5 Å². The number of carbonyl (C=O) groups excluding carboxylic acids is 1.